The predicted octanol–water partition coefficient (Wildman–Crippen LogP) is 1.60. The minimum Gasteiger partial charge on any atom is -0.393 e. The SMILES string of the molecule is Cc1ccc2ncc(CN3CCC(O)CC3)n2c1. The summed E-state index contributed by atoms with van der Waals surface area (Å²) in [4.78, 5) is 6.81. The molecule has 18 heavy (non-hydrogen) atoms. The van der Waals surface area contributed by atoms with Crippen LogP contribution >= 0.6 is 0 Å². The highest BCUT2D eigenvalue weighted by Crippen LogP contribution is 2.15. The van der Waals surface area contributed by atoms with Crippen molar-refractivity contribution >= 4 is 5.65 Å². The van der Waals surface area contributed by atoms with Gasteiger partial charge in [0.15, 0.2) is 0 Å². The molecule has 1 saturated heterocycles. The second-order valence-electron chi connectivity index (χ2n) is 5.19. The lowest BCUT2D eigenvalue weighted by Crippen LogP contribution is -2.35. The van der Waals surface area contributed by atoms with Crippen LogP contribution in [0.25, 0.3) is 5.65 Å². The molecule has 0 atom stereocenters. The Balaban J connectivity index is 1.80. The third-order valence-corrected chi connectivity index (χ3v) is 3.67. The summed E-state index contributed by atoms with van der Waals surface area (Å²) in [7, 11) is 0. The molecule has 3 heterocycles. The Hall–Kier alpha value is -1.39. The van der Waals surface area contributed by atoms with Gasteiger partial charge in [0.2, 0.25) is 0 Å². The molecule has 4 nitrogen and oxygen atoms in total. The summed E-state index contributed by atoms with van der Waals surface area (Å²) in [6.45, 7) is 4.96. The van der Waals surface area contributed by atoms with E-state index in [1.165, 1.54) is 11.3 Å². The van der Waals surface area contributed by atoms with E-state index in [2.05, 4.69) is 39.5 Å². The number of aryl methyl sites for hydroxylation is 1. The van der Waals surface area contributed by atoms with Crippen LogP contribution < -0.4 is 0 Å². The van der Waals surface area contributed by atoms with Crippen molar-refractivity contribution < 1.29 is 5.11 Å². The molecule has 0 radical (unpaired) electrons. The van der Waals surface area contributed by atoms with Gasteiger partial charge in [0.25, 0.3) is 0 Å². The molecule has 1 aliphatic heterocycles. The summed E-state index contributed by atoms with van der Waals surface area (Å²) in [5, 5.41) is 9.52. The van der Waals surface area contributed by atoms with Gasteiger partial charge in [0.05, 0.1) is 18.0 Å². The standard InChI is InChI=1S/C14H19N3O/c1-11-2-3-14-15-8-12(17(14)9-11)10-16-6-4-13(18)5-7-16/h2-3,8-9,13,18H,4-7,10H2,1H3. The Labute approximate surface area is 107 Å². The van der Waals surface area contributed by atoms with Crippen molar-refractivity contribution in [3.63, 3.8) is 0 Å². The summed E-state index contributed by atoms with van der Waals surface area (Å²) in [5.41, 5.74) is 3.48. The van der Waals surface area contributed by atoms with Gasteiger partial charge in [0.1, 0.15) is 5.65 Å². The Kier molecular flexibility index (Phi) is 3.06. The average molecular weight is 245 g/mol. The first-order chi connectivity index (χ1) is 8.72. The minimum atomic E-state index is -0.106. The van der Waals surface area contributed by atoms with E-state index in [9.17, 15) is 5.11 Å². The molecule has 2 aromatic rings. The number of likely N-dealkylation sites (tertiary alicyclic amines) is 1. The zero-order chi connectivity index (χ0) is 12.5. The predicted molar refractivity (Wildman–Crippen MR) is 70.4 cm³/mol. The highest BCUT2D eigenvalue weighted by molar-refractivity contribution is 5.41. The van der Waals surface area contributed by atoms with Crippen LogP contribution in [0.4, 0.5) is 0 Å². The summed E-state index contributed by atoms with van der Waals surface area (Å²) in [6.07, 6.45) is 5.76. The second kappa shape index (κ2) is 4.71. The van der Waals surface area contributed by atoms with Crippen molar-refractivity contribution in [1.29, 1.82) is 0 Å². The number of rotatable bonds is 2. The summed E-state index contributed by atoms with van der Waals surface area (Å²) >= 11 is 0. The maximum Gasteiger partial charge on any atom is 0.136 e. The van der Waals surface area contributed by atoms with E-state index in [-0.39, 0.29) is 6.10 Å². The summed E-state index contributed by atoms with van der Waals surface area (Å²) in [5.74, 6) is 0. The van der Waals surface area contributed by atoms with Crippen LogP contribution in [0.5, 0.6) is 0 Å². The number of imidazole rings is 1. The van der Waals surface area contributed by atoms with Crippen LogP contribution in [-0.2, 0) is 6.54 Å². The number of aliphatic hydroxyl groups excluding tert-OH is 1. The zero-order valence-corrected chi connectivity index (χ0v) is 10.7. The molecular formula is C14H19N3O. The van der Waals surface area contributed by atoms with Crippen LogP contribution in [0.3, 0.4) is 0 Å². The fraction of sp³-hybridized carbons (Fsp3) is 0.500. The molecular weight excluding hydrogens is 226 g/mol. The van der Waals surface area contributed by atoms with Crippen LogP contribution in [0.1, 0.15) is 24.1 Å². The highest BCUT2D eigenvalue weighted by Gasteiger charge is 2.18. The molecule has 0 bridgehead atoms. The van der Waals surface area contributed by atoms with E-state index in [0.717, 1.165) is 38.1 Å². The number of hydrogen-bond acceptors (Lipinski definition) is 3. The molecule has 4 heteroatoms. The molecule has 1 fully saturated rings. The van der Waals surface area contributed by atoms with Crippen molar-refractivity contribution in [2.75, 3.05) is 13.1 Å². The van der Waals surface area contributed by atoms with Gasteiger partial charge >= 0.3 is 0 Å². The number of hydrogen-bond donors (Lipinski definition) is 1. The Morgan fingerprint density at radius 2 is 2.11 bits per heavy atom. The van der Waals surface area contributed by atoms with Crippen LogP contribution in [-0.4, -0.2) is 38.6 Å². The number of aliphatic hydroxyl groups is 1. The van der Waals surface area contributed by atoms with E-state index in [1.54, 1.807) is 0 Å². The van der Waals surface area contributed by atoms with Crippen LogP contribution in [0.15, 0.2) is 24.5 Å². The number of nitrogens with zero attached hydrogens (tertiary/aromatic N) is 3. The molecule has 2 aromatic heterocycles. The Bertz CT molecular complexity index is 541. The van der Waals surface area contributed by atoms with Crippen molar-refractivity contribution in [2.45, 2.75) is 32.4 Å². The lowest BCUT2D eigenvalue weighted by molar-refractivity contribution is 0.0785. The van der Waals surface area contributed by atoms with E-state index in [4.69, 9.17) is 0 Å². The van der Waals surface area contributed by atoms with Crippen molar-refractivity contribution in [3.05, 3.63) is 35.8 Å². The Morgan fingerprint density at radius 1 is 1.33 bits per heavy atom. The third-order valence-electron chi connectivity index (χ3n) is 3.67. The quantitative estimate of drug-likeness (QED) is 0.873. The normalized spacial score (nSPS) is 18.6. The topological polar surface area (TPSA) is 40.8 Å². The maximum absolute atomic E-state index is 9.52. The van der Waals surface area contributed by atoms with Crippen molar-refractivity contribution in [2.24, 2.45) is 0 Å². The van der Waals surface area contributed by atoms with Gasteiger partial charge in [-0.2, -0.15) is 0 Å². The maximum atomic E-state index is 9.52. The molecule has 0 spiro atoms. The molecule has 0 aliphatic carbocycles. The first-order valence-corrected chi connectivity index (χ1v) is 6.55. The molecule has 96 valence electrons. The second-order valence-corrected chi connectivity index (χ2v) is 5.19. The van der Waals surface area contributed by atoms with Gasteiger partial charge in [-0.05, 0) is 31.4 Å². The lowest BCUT2D eigenvalue weighted by Gasteiger charge is -2.29. The van der Waals surface area contributed by atoms with Crippen molar-refractivity contribution in [1.82, 2.24) is 14.3 Å². The zero-order valence-electron chi connectivity index (χ0n) is 10.7. The third kappa shape index (κ3) is 2.26. The van der Waals surface area contributed by atoms with Gasteiger partial charge in [-0.25, -0.2) is 4.98 Å². The lowest BCUT2D eigenvalue weighted by atomic mass is 10.1. The van der Waals surface area contributed by atoms with Gasteiger partial charge in [-0.3, -0.25) is 4.90 Å². The molecule has 3 rings (SSSR count). The molecule has 0 saturated carbocycles. The fourth-order valence-corrected chi connectivity index (χ4v) is 2.56. The molecule has 1 aliphatic rings. The molecule has 0 unspecified atom stereocenters. The molecule has 0 aromatic carbocycles. The Morgan fingerprint density at radius 3 is 2.89 bits per heavy atom. The fourth-order valence-electron chi connectivity index (χ4n) is 2.56. The summed E-state index contributed by atoms with van der Waals surface area (Å²) < 4.78 is 2.17. The minimum absolute atomic E-state index is 0.106. The first kappa shape index (κ1) is 11.7. The number of aromatic nitrogens is 2. The number of piperidine rings is 1. The summed E-state index contributed by atoms with van der Waals surface area (Å²) in [6, 6.07) is 4.14. The number of pyridine rings is 1. The van der Waals surface area contributed by atoms with Crippen LogP contribution in [0.2, 0.25) is 0 Å². The number of fused-ring (bicyclic) bond motifs is 1. The monoisotopic (exact) mass is 245 g/mol. The average Bonchev–Trinajstić information content (AvgIpc) is 2.75. The van der Waals surface area contributed by atoms with Crippen molar-refractivity contribution in [3.8, 4) is 0 Å². The molecule has 0 amide bonds. The van der Waals surface area contributed by atoms with E-state index < -0.39 is 0 Å². The van der Waals surface area contributed by atoms with E-state index >= 15 is 0 Å². The van der Waals surface area contributed by atoms with Gasteiger partial charge in [0, 0.05) is 25.8 Å². The van der Waals surface area contributed by atoms with Gasteiger partial charge in [-0.1, -0.05) is 6.07 Å². The molecule has 1 N–H and O–H groups in total. The van der Waals surface area contributed by atoms with E-state index in [1.807, 2.05) is 6.20 Å². The van der Waals surface area contributed by atoms with Gasteiger partial charge in [-0.15, -0.1) is 0 Å². The first-order valence-electron chi connectivity index (χ1n) is 6.55. The van der Waals surface area contributed by atoms with E-state index in [0.29, 0.717) is 0 Å². The highest BCUT2D eigenvalue weighted by atomic mass is 16.3. The largest absolute Gasteiger partial charge is 0.393 e. The van der Waals surface area contributed by atoms with Gasteiger partial charge < -0.3 is 9.51 Å². The van der Waals surface area contributed by atoms with Crippen LogP contribution in [0, 0.1) is 6.92 Å². The smallest absolute Gasteiger partial charge is 0.136 e.